The van der Waals surface area contributed by atoms with Gasteiger partial charge in [-0.05, 0) is 12.1 Å². The van der Waals surface area contributed by atoms with Crippen LogP contribution in [0.25, 0.3) is 0 Å². The summed E-state index contributed by atoms with van der Waals surface area (Å²) in [6.07, 6.45) is 0.613. The Balaban J connectivity index is 2.16. The molecule has 2 rings (SSSR count). The molecule has 1 aliphatic rings. The number of halogens is 1. The van der Waals surface area contributed by atoms with Crippen LogP contribution in [0.15, 0.2) is 18.2 Å². The van der Waals surface area contributed by atoms with Gasteiger partial charge in [-0.15, -0.1) is 0 Å². The average Bonchev–Trinajstić information content (AvgIpc) is 2.69. The van der Waals surface area contributed by atoms with Crippen molar-refractivity contribution >= 4 is 5.97 Å². The standard InChI is InChI=1S/C11H11FO4/c12-8-3-7(11(13)14)4-10(5-8)16-9-1-2-15-6-9/h3-5,9H,1-2,6H2,(H,13,14). The third kappa shape index (κ3) is 2.49. The Hall–Kier alpha value is -1.62. The molecular weight excluding hydrogens is 215 g/mol. The summed E-state index contributed by atoms with van der Waals surface area (Å²) in [4.78, 5) is 10.7. The second kappa shape index (κ2) is 4.49. The van der Waals surface area contributed by atoms with Gasteiger partial charge in [-0.1, -0.05) is 0 Å². The highest BCUT2D eigenvalue weighted by Crippen LogP contribution is 2.20. The van der Waals surface area contributed by atoms with Crippen molar-refractivity contribution in [3.8, 4) is 5.75 Å². The number of carboxylic acid groups (broad SMARTS) is 1. The summed E-state index contributed by atoms with van der Waals surface area (Å²) in [6, 6.07) is 3.44. The molecule has 0 radical (unpaired) electrons. The second-order valence-corrected chi connectivity index (χ2v) is 3.58. The van der Waals surface area contributed by atoms with Crippen LogP contribution in [0.3, 0.4) is 0 Å². The molecule has 1 saturated heterocycles. The topological polar surface area (TPSA) is 55.8 Å². The van der Waals surface area contributed by atoms with E-state index in [0.717, 1.165) is 12.5 Å². The van der Waals surface area contributed by atoms with E-state index in [1.54, 1.807) is 0 Å². The van der Waals surface area contributed by atoms with E-state index in [2.05, 4.69) is 0 Å². The van der Waals surface area contributed by atoms with Crippen molar-refractivity contribution in [3.05, 3.63) is 29.6 Å². The third-order valence-electron chi connectivity index (χ3n) is 2.31. The van der Waals surface area contributed by atoms with Gasteiger partial charge in [0.15, 0.2) is 0 Å². The van der Waals surface area contributed by atoms with Crippen LogP contribution in [0.4, 0.5) is 4.39 Å². The summed E-state index contributed by atoms with van der Waals surface area (Å²) in [5.41, 5.74) is -0.117. The van der Waals surface area contributed by atoms with Gasteiger partial charge in [0.05, 0.1) is 18.8 Å². The Kier molecular flexibility index (Phi) is 3.05. The minimum atomic E-state index is -1.17. The fraction of sp³-hybridized carbons (Fsp3) is 0.364. The lowest BCUT2D eigenvalue weighted by Crippen LogP contribution is -2.16. The first-order chi connectivity index (χ1) is 7.65. The quantitative estimate of drug-likeness (QED) is 0.852. The second-order valence-electron chi connectivity index (χ2n) is 3.58. The Bertz CT molecular complexity index is 399. The highest BCUT2D eigenvalue weighted by molar-refractivity contribution is 5.88. The lowest BCUT2D eigenvalue weighted by molar-refractivity contribution is 0.0695. The molecule has 1 N–H and O–H groups in total. The maximum absolute atomic E-state index is 13.1. The monoisotopic (exact) mass is 226 g/mol. The number of benzene rings is 1. The average molecular weight is 226 g/mol. The van der Waals surface area contributed by atoms with E-state index in [9.17, 15) is 9.18 Å². The zero-order valence-electron chi connectivity index (χ0n) is 8.48. The molecule has 86 valence electrons. The Morgan fingerprint density at radius 3 is 2.94 bits per heavy atom. The molecule has 0 saturated carbocycles. The molecule has 0 bridgehead atoms. The molecule has 0 aliphatic carbocycles. The molecule has 4 nitrogen and oxygen atoms in total. The smallest absolute Gasteiger partial charge is 0.335 e. The van der Waals surface area contributed by atoms with Gasteiger partial charge in [0.2, 0.25) is 0 Å². The van der Waals surface area contributed by atoms with Gasteiger partial charge in [0.1, 0.15) is 17.7 Å². The van der Waals surface area contributed by atoms with E-state index in [-0.39, 0.29) is 17.4 Å². The highest BCUT2D eigenvalue weighted by atomic mass is 19.1. The molecule has 5 heteroatoms. The van der Waals surface area contributed by atoms with Crippen molar-refractivity contribution < 1.29 is 23.8 Å². The van der Waals surface area contributed by atoms with Crippen LogP contribution in [0, 0.1) is 5.82 Å². The fourth-order valence-corrected chi connectivity index (χ4v) is 1.55. The minimum Gasteiger partial charge on any atom is -0.488 e. The maximum atomic E-state index is 13.1. The molecule has 1 aliphatic heterocycles. The van der Waals surface area contributed by atoms with Gasteiger partial charge >= 0.3 is 5.97 Å². The summed E-state index contributed by atoms with van der Waals surface area (Å²) >= 11 is 0. The van der Waals surface area contributed by atoms with Crippen molar-refractivity contribution in [2.24, 2.45) is 0 Å². The molecule has 1 aromatic carbocycles. The van der Waals surface area contributed by atoms with E-state index in [1.807, 2.05) is 0 Å². The highest BCUT2D eigenvalue weighted by Gasteiger charge is 2.18. The first-order valence-corrected chi connectivity index (χ1v) is 4.93. The predicted molar refractivity (Wildman–Crippen MR) is 53.2 cm³/mol. The Morgan fingerprint density at radius 2 is 2.31 bits per heavy atom. The first kappa shape index (κ1) is 10.9. The van der Waals surface area contributed by atoms with Gasteiger partial charge in [-0.2, -0.15) is 0 Å². The summed E-state index contributed by atoms with van der Waals surface area (Å²) < 4.78 is 23.6. The predicted octanol–water partition coefficient (Wildman–Crippen LogP) is 1.69. The molecular formula is C11H11FO4. The molecule has 1 fully saturated rings. The number of hydrogen-bond donors (Lipinski definition) is 1. The fourth-order valence-electron chi connectivity index (χ4n) is 1.55. The van der Waals surface area contributed by atoms with Crippen molar-refractivity contribution in [1.29, 1.82) is 0 Å². The summed E-state index contributed by atoms with van der Waals surface area (Å²) in [6.45, 7) is 1.07. The lowest BCUT2D eigenvalue weighted by Gasteiger charge is -2.12. The summed E-state index contributed by atoms with van der Waals surface area (Å²) in [5, 5.41) is 8.75. The van der Waals surface area contributed by atoms with E-state index >= 15 is 0 Å². The Morgan fingerprint density at radius 1 is 1.50 bits per heavy atom. The minimum absolute atomic E-state index is 0.117. The van der Waals surface area contributed by atoms with Gasteiger partial charge in [-0.25, -0.2) is 9.18 Å². The summed E-state index contributed by atoms with van der Waals surface area (Å²) in [7, 11) is 0. The summed E-state index contributed by atoms with van der Waals surface area (Å²) in [5.74, 6) is -1.56. The van der Waals surface area contributed by atoms with Crippen molar-refractivity contribution in [2.75, 3.05) is 13.2 Å². The molecule has 0 aromatic heterocycles. The van der Waals surface area contributed by atoms with E-state index < -0.39 is 11.8 Å². The molecule has 1 aromatic rings. The van der Waals surface area contributed by atoms with Crippen LogP contribution in [-0.2, 0) is 4.74 Å². The van der Waals surface area contributed by atoms with Gasteiger partial charge in [0.25, 0.3) is 0 Å². The van der Waals surface area contributed by atoms with Crippen LogP contribution in [0.5, 0.6) is 5.75 Å². The number of rotatable bonds is 3. The zero-order valence-corrected chi connectivity index (χ0v) is 8.48. The number of ether oxygens (including phenoxy) is 2. The molecule has 0 spiro atoms. The van der Waals surface area contributed by atoms with E-state index in [0.29, 0.717) is 13.2 Å². The van der Waals surface area contributed by atoms with Crippen molar-refractivity contribution in [1.82, 2.24) is 0 Å². The molecule has 16 heavy (non-hydrogen) atoms. The zero-order chi connectivity index (χ0) is 11.5. The van der Waals surface area contributed by atoms with Crippen LogP contribution in [0.1, 0.15) is 16.8 Å². The Labute approximate surface area is 91.6 Å². The molecule has 1 heterocycles. The number of carbonyl (C=O) groups is 1. The lowest BCUT2D eigenvalue weighted by atomic mass is 10.2. The number of aromatic carboxylic acids is 1. The van der Waals surface area contributed by atoms with Crippen molar-refractivity contribution in [2.45, 2.75) is 12.5 Å². The first-order valence-electron chi connectivity index (χ1n) is 4.93. The van der Waals surface area contributed by atoms with Crippen LogP contribution in [0.2, 0.25) is 0 Å². The number of carboxylic acids is 1. The van der Waals surface area contributed by atoms with Gasteiger partial charge in [0, 0.05) is 12.5 Å². The van der Waals surface area contributed by atoms with Crippen LogP contribution >= 0.6 is 0 Å². The largest absolute Gasteiger partial charge is 0.488 e. The molecule has 0 amide bonds. The number of hydrogen-bond acceptors (Lipinski definition) is 3. The van der Waals surface area contributed by atoms with Gasteiger partial charge < -0.3 is 14.6 Å². The molecule has 1 unspecified atom stereocenters. The molecule has 1 atom stereocenters. The van der Waals surface area contributed by atoms with Crippen LogP contribution in [-0.4, -0.2) is 30.4 Å². The van der Waals surface area contributed by atoms with Crippen LogP contribution < -0.4 is 4.74 Å². The van der Waals surface area contributed by atoms with E-state index in [4.69, 9.17) is 14.6 Å². The van der Waals surface area contributed by atoms with E-state index in [1.165, 1.54) is 12.1 Å². The normalized spacial score (nSPS) is 19.7. The SMILES string of the molecule is O=C(O)c1cc(F)cc(OC2CCOC2)c1. The maximum Gasteiger partial charge on any atom is 0.335 e. The van der Waals surface area contributed by atoms with Gasteiger partial charge in [-0.3, -0.25) is 0 Å². The third-order valence-corrected chi connectivity index (χ3v) is 2.31. The van der Waals surface area contributed by atoms with Crippen molar-refractivity contribution in [3.63, 3.8) is 0 Å².